The third-order valence-corrected chi connectivity index (χ3v) is 5.49. The van der Waals surface area contributed by atoms with Crippen LogP contribution in [0.25, 0.3) is 0 Å². The van der Waals surface area contributed by atoms with Gasteiger partial charge >= 0.3 is 0 Å². The van der Waals surface area contributed by atoms with E-state index in [0.717, 1.165) is 16.3 Å². The van der Waals surface area contributed by atoms with Gasteiger partial charge in [-0.2, -0.15) is 0 Å². The lowest BCUT2D eigenvalue weighted by atomic mass is 9.93. The molecule has 0 spiro atoms. The zero-order valence-corrected chi connectivity index (χ0v) is 18.0. The maximum absolute atomic E-state index is 12.6. The van der Waals surface area contributed by atoms with Gasteiger partial charge in [0.15, 0.2) is 10.3 Å². The number of aromatic nitrogens is 2. The summed E-state index contributed by atoms with van der Waals surface area (Å²) in [4.78, 5) is 17.6. The minimum Gasteiger partial charge on any atom is -0.359 e. The Morgan fingerprint density at radius 2 is 1.82 bits per heavy atom. The molecule has 3 rings (SSSR count). The maximum atomic E-state index is 12.6. The van der Waals surface area contributed by atoms with E-state index in [9.17, 15) is 4.79 Å². The summed E-state index contributed by atoms with van der Waals surface area (Å²) < 4.78 is 5.74. The van der Waals surface area contributed by atoms with Gasteiger partial charge in [-0.25, -0.2) is 4.98 Å². The Labute approximate surface area is 173 Å². The second-order valence-corrected chi connectivity index (χ2v) is 9.43. The monoisotopic (exact) mass is 418 g/mol. The average Bonchev–Trinajstić information content (AvgIpc) is 3.23. The summed E-state index contributed by atoms with van der Waals surface area (Å²) in [6.45, 7) is 10.2. The molecule has 28 heavy (non-hydrogen) atoms. The Bertz CT molecular complexity index is 971. The highest BCUT2D eigenvalue weighted by molar-refractivity contribution is 7.16. The molecule has 0 saturated carbocycles. The van der Waals surface area contributed by atoms with Gasteiger partial charge in [-0.3, -0.25) is 4.79 Å². The number of nitrogens with one attached hydrogen (secondary N) is 2. The third-order valence-electron chi connectivity index (χ3n) is 4.03. The summed E-state index contributed by atoms with van der Waals surface area (Å²) in [5.41, 5.74) is 1.79. The van der Waals surface area contributed by atoms with Crippen molar-refractivity contribution in [2.24, 2.45) is 0 Å². The SMILES string of the molecule is CC(C)c1sc(Cl)nc1C(=O)Nc1ccc(Nc2cc(C(C)(C)C)on2)cc1. The molecule has 1 amide bonds. The Kier molecular flexibility index (Phi) is 5.76. The lowest BCUT2D eigenvalue weighted by molar-refractivity contribution is 0.102. The first kappa shape index (κ1) is 20.4. The van der Waals surface area contributed by atoms with Crippen LogP contribution in [-0.4, -0.2) is 16.0 Å². The number of benzene rings is 1. The van der Waals surface area contributed by atoms with Crippen LogP contribution in [0.5, 0.6) is 0 Å². The fourth-order valence-corrected chi connectivity index (χ4v) is 3.64. The number of rotatable bonds is 5. The summed E-state index contributed by atoms with van der Waals surface area (Å²) in [5.74, 6) is 1.36. The molecule has 2 aromatic heterocycles. The van der Waals surface area contributed by atoms with E-state index in [4.69, 9.17) is 16.1 Å². The minimum atomic E-state index is -0.265. The molecule has 8 heteroatoms. The highest BCUT2D eigenvalue weighted by atomic mass is 35.5. The van der Waals surface area contributed by atoms with Gasteiger partial charge in [-0.1, -0.05) is 51.4 Å². The van der Waals surface area contributed by atoms with Gasteiger partial charge in [0.05, 0.1) is 0 Å². The van der Waals surface area contributed by atoms with Crippen molar-refractivity contribution >= 4 is 46.0 Å². The molecule has 6 nitrogen and oxygen atoms in total. The smallest absolute Gasteiger partial charge is 0.275 e. The molecule has 0 atom stereocenters. The van der Waals surface area contributed by atoms with Crippen molar-refractivity contribution in [3.63, 3.8) is 0 Å². The molecule has 0 aliphatic carbocycles. The Balaban J connectivity index is 1.68. The first-order valence-electron chi connectivity index (χ1n) is 8.95. The Morgan fingerprint density at radius 3 is 2.39 bits per heavy atom. The van der Waals surface area contributed by atoms with Crippen LogP contribution in [0.4, 0.5) is 17.2 Å². The summed E-state index contributed by atoms with van der Waals surface area (Å²) in [6.07, 6.45) is 0. The van der Waals surface area contributed by atoms with Gasteiger partial charge < -0.3 is 15.2 Å². The lowest BCUT2D eigenvalue weighted by Gasteiger charge is -2.12. The first-order chi connectivity index (χ1) is 13.1. The third kappa shape index (κ3) is 4.72. The molecule has 148 valence electrons. The quantitative estimate of drug-likeness (QED) is 0.515. The second kappa shape index (κ2) is 7.93. The number of amides is 1. The van der Waals surface area contributed by atoms with Crippen molar-refractivity contribution in [1.29, 1.82) is 0 Å². The fourth-order valence-electron chi connectivity index (χ4n) is 2.52. The highest BCUT2D eigenvalue weighted by Gasteiger charge is 2.21. The van der Waals surface area contributed by atoms with Crippen molar-refractivity contribution in [2.45, 2.75) is 46.0 Å². The van der Waals surface area contributed by atoms with Gasteiger partial charge in [-0.05, 0) is 30.2 Å². The van der Waals surface area contributed by atoms with Crippen molar-refractivity contribution in [1.82, 2.24) is 10.1 Å². The topological polar surface area (TPSA) is 80.0 Å². The number of hydrogen-bond acceptors (Lipinski definition) is 6. The number of carbonyl (C=O) groups excluding carboxylic acids is 1. The van der Waals surface area contributed by atoms with Crippen LogP contribution in [-0.2, 0) is 5.41 Å². The van der Waals surface area contributed by atoms with Crippen LogP contribution in [0.15, 0.2) is 34.9 Å². The maximum Gasteiger partial charge on any atom is 0.275 e. The van der Waals surface area contributed by atoms with E-state index in [0.29, 0.717) is 21.7 Å². The van der Waals surface area contributed by atoms with E-state index in [1.807, 2.05) is 44.2 Å². The van der Waals surface area contributed by atoms with Crippen LogP contribution >= 0.6 is 22.9 Å². The zero-order valence-electron chi connectivity index (χ0n) is 16.5. The fraction of sp³-hybridized carbons (Fsp3) is 0.350. The number of halogens is 1. The van der Waals surface area contributed by atoms with Crippen molar-refractivity contribution in [3.05, 3.63) is 51.1 Å². The van der Waals surface area contributed by atoms with Gasteiger partial charge in [0.25, 0.3) is 5.91 Å². The zero-order chi connectivity index (χ0) is 20.5. The number of carbonyl (C=O) groups is 1. The van der Waals surface area contributed by atoms with Crippen LogP contribution in [0.3, 0.4) is 0 Å². The predicted molar refractivity (Wildman–Crippen MR) is 114 cm³/mol. The molecule has 0 radical (unpaired) electrons. The molecule has 2 N–H and O–H groups in total. The molecule has 0 aliphatic rings. The molecule has 0 unspecified atom stereocenters. The van der Waals surface area contributed by atoms with Gasteiger partial charge in [0.1, 0.15) is 11.5 Å². The number of anilines is 3. The van der Waals surface area contributed by atoms with E-state index >= 15 is 0 Å². The molecule has 0 bridgehead atoms. The van der Waals surface area contributed by atoms with Crippen LogP contribution in [0.2, 0.25) is 4.47 Å². The molecule has 2 heterocycles. The van der Waals surface area contributed by atoms with Crippen LogP contribution in [0.1, 0.15) is 61.7 Å². The van der Waals surface area contributed by atoms with Gasteiger partial charge in [-0.15, -0.1) is 11.3 Å². The van der Waals surface area contributed by atoms with Crippen molar-refractivity contribution in [2.75, 3.05) is 10.6 Å². The molecule has 0 fully saturated rings. The average molecular weight is 419 g/mol. The van der Waals surface area contributed by atoms with E-state index in [1.54, 1.807) is 0 Å². The molecule has 0 aliphatic heterocycles. The molecular formula is C20H23ClN4O2S. The minimum absolute atomic E-state index is 0.103. The number of thiazole rings is 1. The van der Waals surface area contributed by atoms with Crippen LogP contribution < -0.4 is 10.6 Å². The number of nitrogens with zero attached hydrogens (tertiary/aromatic N) is 2. The van der Waals surface area contributed by atoms with E-state index < -0.39 is 0 Å². The van der Waals surface area contributed by atoms with E-state index in [1.165, 1.54) is 11.3 Å². The highest BCUT2D eigenvalue weighted by Crippen LogP contribution is 2.30. The number of hydrogen-bond donors (Lipinski definition) is 2. The molecule has 0 saturated heterocycles. The molecular weight excluding hydrogens is 396 g/mol. The van der Waals surface area contributed by atoms with Gasteiger partial charge in [0.2, 0.25) is 0 Å². The second-order valence-electron chi connectivity index (χ2n) is 7.82. The van der Waals surface area contributed by atoms with Crippen molar-refractivity contribution in [3.8, 4) is 0 Å². The summed E-state index contributed by atoms with van der Waals surface area (Å²) in [7, 11) is 0. The predicted octanol–water partition coefficient (Wildman–Crippen LogP) is 6.20. The normalized spacial score (nSPS) is 11.7. The molecule has 3 aromatic rings. The summed E-state index contributed by atoms with van der Waals surface area (Å²) >= 11 is 7.33. The Hall–Kier alpha value is -2.38. The lowest BCUT2D eigenvalue weighted by Crippen LogP contribution is -2.14. The van der Waals surface area contributed by atoms with Crippen molar-refractivity contribution < 1.29 is 9.32 Å². The standard InChI is InChI=1S/C20H23ClN4O2S/c1-11(2)17-16(24-19(21)28-17)18(26)23-13-8-6-12(7-9-13)22-15-10-14(27-25-15)20(3,4)5/h6-11H,1-5H3,(H,22,25)(H,23,26). The van der Waals surface area contributed by atoms with E-state index in [-0.39, 0.29) is 17.2 Å². The molecule has 1 aromatic carbocycles. The van der Waals surface area contributed by atoms with Crippen LogP contribution in [0, 0.1) is 0 Å². The largest absolute Gasteiger partial charge is 0.359 e. The summed E-state index contributed by atoms with van der Waals surface area (Å²) in [5, 5.41) is 10.1. The van der Waals surface area contributed by atoms with Gasteiger partial charge in [0, 0.05) is 27.7 Å². The van der Waals surface area contributed by atoms with E-state index in [2.05, 4.69) is 41.5 Å². The summed E-state index contributed by atoms with van der Waals surface area (Å²) in [6, 6.07) is 9.23. The first-order valence-corrected chi connectivity index (χ1v) is 10.1. The Morgan fingerprint density at radius 1 is 1.18 bits per heavy atom.